The highest BCUT2D eigenvalue weighted by atomic mass is 35.5. The van der Waals surface area contributed by atoms with Gasteiger partial charge in [0.05, 0.1) is 10.0 Å². The summed E-state index contributed by atoms with van der Waals surface area (Å²) in [5.74, 6) is -0.503. The molecule has 3 aliphatic rings. The van der Waals surface area contributed by atoms with Crippen molar-refractivity contribution in [2.24, 2.45) is 0 Å². The van der Waals surface area contributed by atoms with E-state index in [1.54, 1.807) is 30.3 Å². The molecule has 314 valence electrons. The summed E-state index contributed by atoms with van der Waals surface area (Å²) in [6.45, 7) is 6.41. The van der Waals surface area contributed by atoms with Crippen molar-refractivity contribution in [1.82, 2.24) is 20.1 Å². The Morgan fingerprint density at radius 1 is 0.934 bits per heavy atom. The Labute approximate surface area is 363 Å². The van der Waals surface area contributed by atoms with Crippen LogP contribution in [0.25, 0.3) is 11.1 Å². The number of hydrogen-bond acceptors (Lipinski definition) is 9. The molecule has 1 unspecified atom stereocenters. The number of carbonyl (C=O) groups is 3. The fourth-order valence-electron chi connectivity index (χ4n) is 7.70. The first kappa shape index (κ1) is 41.5. The molecule has 0 saturated carbocycles. The second-order valence-corrected chi connectivity index (χ2v) is 16.3. The Hall–Kier alpha value is -6.24. The summed E-state index contributed by atoms with van der Waals surface area (Å²) in [6.07, 6.45) is 2.53. The lowest BCUT2D eigenvalue weighted by atomic mass is 9.91. The lowest BCUT2D eigenvalue weighted by molar-refractivity contribution is -0.144. The SMILES string of the molecule is Cc1nccc(-c2ccc(C[C@H](NC(=O)[C@@H]3Cc4cc5c(cc4CN3C(=O)C3=COC(C)N3C)O[C@H](c3ccc(OCc4ccc(Cl)c(Cl)c4)cc3)CO5)C(=O)O)cc2)c1C. The average molecular weight is 864 g/mol. The summed E-state index contributed by atoms with van der Waals surface area (Å²) >= 11 is 12.2. The molecule has 3 aliphatic heterocycles. The van der Waals surface area contributed by atoms with Crippen molar-refractivity contribution in [3.63, 3.8) is 0 Å². The Kier molecular flexibility index (Phi) is 11.8. The molecule has 12 nitrogen and oxygen atoms in total. The van der Waals surface area contributed by atoms with Crippen molar-refractivity contribution in [1.29, 1.82) is 0 Å². The molecule has 0 bridgehead atoms. The summed E-state index contributed by atoms with van der Waals surface area (Å²) in [6, 6.07) is 23.9. The number of aromatic nitrogens is 1. The smallest absolute Gasteiger partial charge is 0.326 e. The first-order valence-corrected chi connectivity index (χ1v) is 20.6. The minimum absolute atomic E-state index is 0.0422. The molecule has 0 fully saturated rings. The van der Waals surface area contributed by atoms with Crippen LogP contribution in [-0.2, 0) is 45.1 Å². The highest BCUT2D eigenvalue weighted by Crippen LogP contribution is 2.41. The lowest BCUT2D eigenvalue weighted by Gasteiger charge is -2.38. The quantitative estimate of drug-likeness (QED) is 0.134. The van der Waals surface area contributed by atoms with Gasteiger partial charge < -0.3 is 39.2 Å². The van der Waals surface area contributed by atoms with E-state index < -0.39 is 36.0 Å². The molecule has 0 saturated heterocycles. The van der Waals surface area contributed by atoms with Gasteiger partial charge in [-0.15, -0.1) is 0 Å². The van der Waals surface area contributed by atoms with Crippen LogP contribution in [0.2, 0.25) is 10.0 Å². The normalized spacial score (nSPS) is 18.4. The number of amides is 2. The molecule has 5 aromatic rings. The fraction of sp³-hybridized carbons (Fsp3) is 0.277. The second-order valence-electron chi connectivity index (χ2n) is 15.5. The number of carbonyl (C=O) groups excluding carboxylic acids is 2. The number of carboxylic acids is 1. The van der Waals surface area contributed by atoms with Gasteiger partial charge in [0, 0.05) is 38.3 Å². The minimum atomic E-state index is -1.25. The number of ether oxygens (including phenoxy) is 4. The van der Waals surface area contributed by atoms with Gasteiger partial charge in [-0.2, -0.15) is 0 Å². The molecular formula is C47H44Cl2N4O8. The fourth-order valence-corrected chi connectivity index (χ4v) is 8.02. The van der Waals surface area contributed by atoms with Gasteiger partial charge in [-0.25, -0.2) is 4.79 Å². The van der Waals surface area contributed by atoms with Gasteiger partial charge in [0.1, 0.15) is 43.0 Å². The number of benzene rings is 4. The van der Waals surface area contributed by atoms with E-state index in [2.05, 4.69) is 10.3 Å². The maximum Gasteiger partial charge on any atom is 0.326 e. The van der Waals surface area contributed by atoms with Crippen LogP contribution in [0, 0.1) is 13.8 Å². The van der Waals surface area contributed by atoms with Gasteiger partial charge >= 0.3 is 5.97 Å². The minimum Gasteiger partial charge on any atom is -0.489 e. The zero-order valence-corrected chi connectivity index (χ0v) is 35.5. The van der Waals surface area contributed by atoms with Gasteiger partial charge in [-0.05, 0) is 108 Å². The molecule has 61 heavy (non-hydrogen) atoms. The largest absolute Gasteiger partial charge is 0.489 e. The van der Waals surface area contributed by atoms with Crippen molar-refractivity contribution < 1.29 is 38.4 Å². The van der Waals surface area contributed by atoms with E-state index in [1.165, 1.54) is 11.2 Å². The van der Waals surface area contributed by atoms with Crippen molar-refractivity contribution in [2.45, 2.75) is 71.2 Å². The lowest BCUT2D eigenvalue weighted by Crippen LogP contribution is -2.56. The number of aliphatic carboxylic acids is 1. The van der Waals surface area contributed by atoms with Crippen molar-refractivity contribution in [3.8, 4) is 28.4 Å². The van der Waals surface area contributed by atoms with Gasteiger partial charge in [-0.3, -0.25) is 14.6 Å². The van der Waals surface area contributed by atoms with E-state index in [1.807, 2.05) is 93.6 Å². The Morgan fingerprint density at radius 2 is 1.67 bits per heavy atom. The molecule has 0 radical (unpaired) electrons. The van der Waals surface area contributed by atoms with Crippen LogP contribution in [0.5, 0.6) is 17.2 Å². The maximum atomic E-state index is 14.3. The number of carboxylic acid groups (broad SMARTS) is 1. The van der Waals surface area contributed by atoms with Crippen LogP contribution in [-0.4, -0.2) is 69.6 Å². The van der Waals surface area contributed by atoms with E-state index in [0.29, 0.717) is 33.9 Å². The number of likely N-dealkylation sites (N-methyl/N-ethyl adjacent to an activating group) is 1. The summed E-state index contributed by atoms with van der Waals surface area (Å²) < 4.78 is 24.3. The molecule has 14 heteroatoms. The number of halogens is 2. The average Bonchev–Trinajstić information content (AvgIpc) is 3.60. The summed E-state index contributed by atoms with van der Waals surface area (Å²) in [5.41, 5.74) is 8.37. The summed E-state index contributed by atoms with van der Waals surface area (Å²) in [4.78, 5) is 48.6. The first-order chi connectivity index (χ1) is 29.3. The van der Waals surface area contributed by atoms with E-state index in [-0.39, 0.29) is 37.9 Å². The summed E-state index contributed by atoms with van der Waals surface area (Å²) in [5, 5.41) is 14.0. The second kappa shape index (κ2) is 17.4. The maximum absolute atomic E-state index is 14.3. The van der Waals surface area contributed by atoms with E-state index in [4.69, 9.17) is 42.1 Å². The third-order valence-corrected chi connectivity index (χ3v) is 12.3. The molecule has 8 rings (SSSR count). The van der Waals surface area contributed by atoms with Gasteiger partial charge in [0.25, 0.3) is 5.91 Å². The van der Waals surface area contributed by atoms with Crippen molar-refractivity contribution in [2.75, 3.05) is 13.7 Å². The Morgan fingerprint density at radius 3 is 2.38 bits per heavy atom. The van der Waals surface area contributed by atoms with E-state index in [9.17, 15) is 19.5 Å². The van der Waals surface area contributed by atoms with Crippen LogP contribution in [0.4, 0.5) is 0 Å². The number of fused-ring (bicyclic) bond motifs is 2. The van der Waals surface area contributed by atoms with E-state index in [0.717, 1.165) is 50.2 Å². The molecule has 2 N–H and O–H groups in total. The number of nitrogens with zero attached hydrogens (tertiary/aromatic N) is 3. The van der Waals surface area contributed by atoms with Gasteiger partial charge in [0.15, 0.2) is 23.8 Å². The zero-order valence-electron chi connectivity index (χ0n) is 34.0. The van der Waals surface area contributed by atoms with Gasteiger partial charge in [-0.1, -0.05) is 65.7 Å². The summed E-state index contributed by atoms with van der Waals surface area (Å²) in [7, 11) is 1.74. The highest BCUT2D eigenvalue weighted by molar-refractivity contribution is 6.42. The van der Waals surface area contributed by atoms with Crippen LogP contribution in [0.15, 0.2) is 103 Å². The van der Waals surface area contributed by atoms with Crippen LogP contribution in [0.1, 0.15) is 52.1 Å². The molecule has 0 spiro atoms. The van der Waals surface area contributed by atoms with Crippen LogP contribution < -0.4 is 19.5 Å². The molecule has 4 aromatic carbocycles. The molecule has 2 amide bonds. The third-order valence-electron chi connectivity index (χ3n) is 11.6. The molecule has 4 atom stereocenters. The highest BCUT2D eigenvalue weighted by Gasteiger charge is 2.41. The topological polar surface area (TPSA) is 140 Å². The zero-order chi connectivity index (χ0) is 42.9. The van der Waals surface area contributed by atoms with E-state index >= 15 is 0 Å². The number of hydrogen-bond donors (Lipinski definition) is 2. The molecule has 1 aromatic heterocycles. The van der Waals surface area contributed by atoms with Crippen molar-refractivity contribution in [3.05, 3.63) is 152 Å². The number of nitrogens with one attached hydrogen (secondary N) is 1. The predicted molar refractivity (Wildman–Crippen MR) is 229 cm³/mol. The van der Waals surface area contributed by atoms with Crippen LogP contribution >= 0.6 is 23.2 Å². The van der Waals surface area contributed by atoms with Crippen LogP contribution in [0.3, 0.4) is 0 Å². The molecule has 0 aliphatic carbocycles. The third kappa shape index (κ3) is 8.82. The monoisotopic (exact) mass is 862 g/mol. The Bertz CT molecular complexity index is 2530. The predicted octanol–water partition coefficient (Wildman–Crippen LogP) is 7.98. The number of aryl methyl sites for hydroxylation is 1. The van der Waals surface area contributed by atoms with Gasteiger partial charge in [0.2, 0.25) is 5.91 Å². The molecular weight excluding hydrogens is 819 g/mol. The number of rotatable bonds is 11. The standard InChI is InChI=1S/C47H44Cl2N4O8/c1-26-27(2)50-16-15-36(26)31-8-5-29(6-9-31)18-39(47(56)57)51-45(54)40-19-33-20-42-43(21-34(33)22-53(40)46(55)41-24-58-28(3)52(41)4)61-44(25-60-42)32-10-12-35(13-11-32)59-23-30-7-14-37(48)38(49)17-30/h5-17,20-21,24,28,39-40,44H,18-19,22-23,25H2,1-4H3,(H,51,54)(H,56,57)/t28?,39-,40-,44-/m0/s1. The first-order valence-electron chi connectivity index (χ1n) is 19.9. The van der Waals surface area contributed by atoms with Crippen molar-refractivity contribution >= 4 is 41.0 Å². The number of pyridine rings is 1. The Balaban J connectivity index is 0.986. The molecule has 4 heterocycles.